The molecule has 0 N–H and O–H groups in total. The topological polar surface area (TPSA) is 80.0 Å². The minimum Gasteiger partial charge on any atom is -0.352 e. The summed E-state index contributed by atoms with van der Waals surface area (Å²) in [7, 11) is 1.87. The van der Waals surface area contributed by atoms with Gasteiger partial charge in [-0.15, -0.1) is 0 Å². The molecule has 4 aromatic rings. The van der Waals surface area contributed by atoms with Crippen LogP contribution in [0.4, 0.5) is 5.82 Å². The molecule has 28 heavy (non-hydrogen) atoms. The van der Waals surface area contributed by atoms with Gasteiger partial charge in [0.2, 0.25) is 0 Å². The van der Waals surface area contributed by atoms with Crippen molar-refractivity contribution < 1.29 is 4.79 Å². The number of rotatable bonds is 2. The first-order chi connectivity index (χ1) is 13.7. The van der Waals surface area contributed by atoms with Crippen LogP contribution < -0.4 is 4.90 Å². The number of benzene rings is 1. The molecule has 140 valence electrons. The summed E-state index contributed by atoms with van der Waals surface area (Å²) in [6, 6.07) is 9.61. The number of amides is 1. The van der Waals surface area contributed by atoms with Gasteiger partial charge in [0.15, 0.2) is 5.65 Å². The van der Waals surface area contributed by atoms with Gasteiger partial charge in [-0.2, -0.15) is 5.10 Å². The van der Waals surface area contributed by atoms with Crippen LogP contribution in [0.1, 0.15) is 10.4 Å². The Kier molecular flexibility index (Phi) is 3.89. The monoisotopic (exact) mass is 373 g/mol. The third-order valence-electron chi connectivity index (χ3n) is 5.24. The Balaban J connectivity index is 1.37. The van der Waals surface area contributed by atoms with Crippen molar-refractivity contribution in [2.75, 3.05) is 31.1 Å². The van der Waals surface area contributed by atoms with Crippen molar-refractivity contribution in [3.8, 4) is 0 Å². The van der Waals surface area contributed by atoms with E-state index in [2.05, 4.69) is 25.0 Å². The maximum absolute atomic E-state index is 13.1. The Morgan fingerprint density at radius 1 is 1.00 bits per heavy atom. The van der Waals surface area contributed by atoms with Gasteiger partial charge < -0.3 is 9.80 Å². The summed E-state index contributed by atoms with van der Waals surface area (Å²) in [6.07, 6.45) is 5.09. The lowest BCUT2D eigenvalue weighted by molar-refractivity contribution is 0.0748. The highest BCUT2D eigenvalue weighted by Gasteiger charge is 2.25. The van der Waals surface area contributed by atoms with Crippen molar-refractivity contribution in [1.82, 2.24) is 29.6 Å². The minimum atomic E-state index is 0.0261. The highest BCUT2D eigenvalue weighted by atomic mass is 16.2. The van der Waals surface area contributed by atoms with Crippen LogP contribution in [0.15, 0.2) is 49.1 Å². The Morgan fingerprint density at radius 2 is 1.82 bits per heavy atom. The Bertz CT molecular complexity index is 1170. The predicted octanol–water partition coefficient (Wildman–Crippen LogP) is 1.87. The predicted molar refractivity (Wildman–Crippen MR) is 106 cm³/mol. The summed E-state index contributed by atoms with van der Waals surface area (Å²) in [4.78, 5) is 30.4. The number of hydrogen-bond donors (Lipinski definition) is 0. The lowest BCUT2D eigenvalue weighted by atomic mass is 10.1. The lowest BCUT2D eigenvalue weighted by Gasteiger charge is -2.35. The van der Waals surface area contributed by atoms with Crippen LogP contribution >= 0.6 is 0 Å². The van der Waals surface area contributed by atoms with Crippen LogP contribution in [-0.4, -0.2) is 61.7 Å². The molecule has 1 aliphatic heterocycles. The summed E-state index contributed by atoms with van der Waals surface area (Å²) >= 11 is 0. The fraction of sp³-hybridized carbons (Fsp3) is 0.250. The summed E-state index contributed by atoms with van der Waals surface area (Å²) in [5.74, 6) is 0.898. The third kappa shape index (κ3) is 2.65. The first kappa shape index (κ1) is 16.6. The molecular weight excluding hydrogens is 354 g/mol. The number of anilines is 1. The van der Waals surface area contributed by atoms with Gasteiger partial charge in [0, 0.05) is 44.8 Å². The normalized spacial score (nSPS) is 14.8. The molecule has 8 nitrogen and oxygen atoms in total. The van der Waals surface area contributed by atoms with Gasteiger partial charge in [0.1, 0.15) is 12.1 Å². The van der Waals surface area contributed by atoms with Crippen molar-refractivity contribution in [1.29, 1.82) is 0 Å². The number of fused-ring (bicyclic) bond motifs is 2. The van der Waals surface area contributed by atoms with Crippen LogP contribution in [0.2, 0.25) is 0 Å². The number of piperazine rings is 1. The first-order valence-corrected chi connectivity index (χ1v) is 9.23. The van der Waals surface area contributed by atoms with Crippen LogP contribution in [-0.2, 0) is 7.05 Å². The zero-order chi connectivity index (χ0) is 19.1. The molecule has 0 unspecified atom stereocenters. The zero-order valence-corrected chi connectivity index (χ0v) is 15.5. The van der Waals surface area contributed by atoms with Crippen LogP contribution in [0, 0.1) is 0 Å². The molecule has 8 heteroatoms. The molecule has 0 saturated carbocycles. The summed E-state index contributed by atoms with van der Waals surface area (Å²) in [5.41, 5.74) is 2.22. The van der Waals surface area contributed by atoms with Gasteiger partial charge in [-0.3, -0.25) is 14.5 Å². The number of carbonyl (C=O) groups excluding carboxylic acids is 1. The minimum absolute atomic E-state index is 0.0261. The standard InChI is InChI=1S/C20H19N7O/c1-25-18-16(12-24-25)19(23-13-22-18)26-8-10-27(11-9-26)20(28)15-6-2-4-14-5-3-7-21-17(14)15/h2-7,12-13H,8-11H2,1H3. The number of pyridine rings is 1. The quantitative estimate of drug-likeness (QED) is 0.534. The van der Waals surface area contributed by atoms with E-state index in [-0.39, 0.29) is 5.91 Å². The van der Waals surface area contributed by atoms with Crippen LogP contribution in [0.5, 0.6) is 0 Å². The van der Waals surface area contributed by atoms with E-state index >= 15 is 0 Å². The molecule has 0 aliphatic carbocycles. The molecule has 1 aliphatic rings. The first-order valence-electron chi connectivity index (χ1n) is 9.23. The maximum Gasteiger partial charge on any atom is 0.256 e. The van der Waals surface area contributed by atoms with E-state index in [1.54, 1.807) is 23.4 Å². The van der Waals surface area contributed by atoms with E-state index in [0.29, 0.717) is 31.7 Å². The maximum atomic E-state index is 13.1. The Hall–Kier alpha value is -3.55. The summed E-state index contributed by atoms with van der Waals surface area (Å²) in [6.45, 7) is 2.69. The molecule has 0 bridgehead atoms. The second-order valence-corrected chi connectivity index (χ2v) is 6.86. The fourth-order valence-corrected chi connectivity index (χ4v) is 3.77. The van der Waals surface area contributed by atoms with E-state index in [1.807, 2.05) is 42.3 Å². The molecule has 4 heterocycles. The van der Waals surface area contributed by atoms with Gasteiger partial charge in [-0.25, -0.2) is 9.97 Å². The number of carbonyl (C=O) groups is 1. The van der Waals surface area contributed by atoms with Crippen molar-refractivity contribution in [2.24, 2.45) is 7.05 Å². The number of para-hydroxylation sites is 1. The molecule has 1 saturated heterocycles. The van der Waals surface area contributed by atoms with Crippen molar-refractivity contribution in [3.63, 3.8) is 0 Å². The van der Waals surface area contributed by atoms with Crippen LogP contribution in [0.3, 0.4) is 0 Å². The Morgan fingerprint density at radius 3 is 2.68 bits per heavy atom. The molecule has 5 rings (SSSR count). The van der Waals surface area contributed by atoms with Gasteiger partial charge in [-0.05, 0) is 12.1 Å². The Labute approximate surface area is 161 Å². The lowest BCUT2D eigenvalue weighted by Crippen LogP contribution is -2.49. The van der Waals surface area contributed by atoms with E-state index in [9.17, 15) is 4.79 Å². The molecule has 3 aromatic heterocycles. The highest BCUT2D eigenvalue weighted by molar-refractivity contribution is 6.05. The molecule has 1 amide bonds. The van der Waals surface area contributed by atoms with E-state index in [0.717, 1.165) is 27.8 Å². The van der Waals surface area contributed by atoms with Gasteiger partial charge in [-0.1, -0.05) is 18.2 Å². The van der Waals surface area contributed by atoms with Crippen molar-refractivity contribution >= 4 is 33.7 Å². The second kappa shape index (κ2) is 6.56. The van der Waals surface area contributed by atoms with Gasteiger partial charge in [0.05, 0.1) is 22.7 Å². The average Bonchev–Trinajstić information content (AvgIpc) is 3.14. The number of nitrogens with zero attached hydrogens (tertiary/aromatic N) is 7. The summed E-state index contributed by atoms with van der Waals surface area (Å²) in [5, 5.41) is 6.19. The van der Waals surface area contributed by atoms with Gasteiger partial charge in [0.25, 0.3) is 5.91 Å². The van der Waals surface area contributed by atoms with E-state index in [1.165, 1.54) is 0 Å². The molecule has 0 spiro atoms. The van der Waals surface area contributed by atoms with Gasteiger partial charge >= 0.3 is 0 Å². The molecule has 1 aromatic carbocycles. The average molecular weight is 373 g/mol. The summed E-state index contributed by atoms with van der Waals surface area (Å²) < 4.78 is 1.74. The number of hydrogen-bond acceptors (Lipinski definition) is 6. The number of aryl methyl sites for hydroxylation is 1. The fourth-order valence-electron chi connectivity index (χ4n) is 3.77. The smallest absolute Gasteiger partial charge is 0.256 e. The zero-order valence-electron chi connectivity index (χ0n) is 15.5. The number of aromatic nitrogens is 5. The van der Waals surface area contributed by atoms with Crippen LogP contribution in [0.25, 0.3) is 21.9 Å². The van der Waals surface area contributed by atoms with E-state index < -0.39 is 0 Å². The third-order valence-corrected chi connectivity index (χ3v) is 5.24. The second-order valence-electron chi connectivity index (χ2n) is 6.86. The molecule has 0 atom stereocenters. The molecule has 0 radical (unpaired) electrons. The molecule has 1 fully saturated rings. The highest BCUT2D eigenvalue weighted by Crippen LogP contribution is 2.24. The van der Waals surface area contributed by atoms with Crippen molar-refractivity contribution in [2.45, 2.75) is 0 Å². The van der Waals surface area contributed by atoms with E-state index in [4.69, 9.17) is 0 Å². The largest absolute Gasteiger partial charge is 0.352 e. The SMILES string of the molecule is Cn1ncc2c(N3CCN(C(=O)c4cccc5cccnc45)CC3)ncnc21. The van der Waals surface area contributed by atoms with Crippen molar-refractivity contribution in [3.05, 3.63) is 54.6 Å². The molecular formula is C20H19N7O.